The van der Waals surface area contributed by atoms with Crippen LogP contribution in [0.3, 0.4) is 0 Å². The predicted molar refractivity (Wildman–Crippen MR) is 93.7 cm³/mol. The lowest BCUT2D eigenvalue weighted by Gasteiger charge is -2.32. The number of pyridine rings is 1. The van der Waals surface area contributed by atoms with Gasteiger partial charge in [-0.05, 0) is 31.9 Å². The normalized spacial score (nSPS) is 17.2. The van der Waals surface area contributed by atoms with Crippen LogP contribution in [0.15, 0.2) is 23.8 Å². The molecule has 3 rings (SSSR count). The minimum absolute atomic E-state index is 0.0513. The molecule has 1 amide bonds. The third kappa shape index (κ3) is 4.30. The topological polar surface area (TPSA) is 97.3 Å². The summed E-state index contributed by atoms with van der Waals surface area (Å²) in [6.07, 6.45) is 3.23. The molecule has 0 spiro atoms. The maximum atomic E-state index is 12.4. The maximum absolute atomic E-state index is 12.4. The van der Waals surface area contributed by atoms with Crippen molar-refractivity contribution in [1.82, 2.24) is 15.2 Å². The highest BCUT2D eigenvalue weighted by Gasteiger charge is 2.27. The SMILES string of the molecule is CCOC(=O)c1ccc(N2CCC[C@H](C(=O)Nc3nncs3)C2)nc1. The molecule has 0 aromatic carbocycles. The highest BCUT2D eigenvalue weighted by molar-refractivity contribution is 7.13. The molecule has 8 nitrogen and oxygen atoms in total. The first-order valence-electron chi connectivity index (χ1n) is 8.12. The highest BCUT2D eigenvalue weighted by atomic mass is 32.1. The zero-order valence-corrected chi connectivity index (χ0v) is 14.7. The molecule has 1 aliphatic rings. The van der Waals surface area contributed by atoms with Crippen molar-refractivity contribution in [2.24, 2.45) is 5.92 Å². The van der Waals surface area contributed by atoms with E-state index in [4.69, 9.17) is 4.74 Å². The summed E-state index contributed by atoms with van der Waals surface area (Å²) < 4.78 is 4.96. The second-order valence-electron chi connectivity index (χ2n) is 5.64. The van der Waals surface area contributed by atoms with Gasteiger partial charge >= 0.3 is 5.97 Å². The average molecular weight is 361 g/mol. The van der Waals surface area contributed by atoms with Crippen molar-refractivity contribution in [2.75, 3.05) is 29.9 Å². The standard InChI is InChI=1S/C16H19N5O3S/c1-2-24-15(23)11-5-6-13(17-8-11)21-7-3-4-12(9-21)14(22)19-16-20-18-10-25-16/h5-6,8,10,12H,2-4,7,9H2,1H3,(H,19,20,22)/t12-/m0/s1. The zero-order chi connectivity index (χ0) is 17.6. The van der Waals surface area contributed by atoms with E-state index in [-0.39, 0.29) is 17.8 Å². The Kier molecular flexibility index (Phi) is 5.54. The molecule has 1 saturated heterocycles. The molecule has 0 bridgehead atoms. The summed E-state index contributed by atoms with van der Waals surface area (Å²) in [5.74, 6) is 0.185. The maximum Gasteiger partial charge on any atom is 0.339 e. The van der Waals surface area contributed by atoms with Crippen LogP contribution in [0.4, 0.5) is 10.9 Å². The van der Waals surface area contributed by atoms with Crippen LogP contribution in [0.2, 0.25) is 0 Å². The molecule has 25 heavy (non-hydrogen) atoms. The van der Waals surface area contributed by atoms with E-state index >= 15 is 0 Å². The van der Waals surface area contributed by atoms with Gasteiger partial charge in [-0.25, -0.2) is 9.78 Å². The van der Waals surface area contributed by atoms with E-state index in [1.165, 1.54) is 17.5 Å². The Bertz CT molecular complexity index is 720. The summed E-state index contributed by atoms with van der Waals surface area (Å²) in [4.78, 5) is 30.5. The second kappa shape index (κ2) is 8.02. The molecule has 9 heteroatoms. The van der Waals surface area contributed by atoms with Crippen molar-refractivity contribution in [2.45, 2.75) is 19.8 Å². The number of rotatable bonds is 5. The fraction of sp³-hybridized carbons (Fsp3) is 0.438. The van der Waals surface area contributed by atoms with E-state index in [1.807, 2.05) is 0 Å². The zero-order valence-electron chi connectivity index (χ0n) is 13.8. The van der Waals surface area contributed by atoms with Gasteiger partial charge in [-0.1, -0.05) is 11.3 Å². The third-order valence-electron chi connectivity index (χ3n) is 3.97. The van der Waals surface area contributed by atoms with Crippen molar-refractivity contribution in [3.63, 3.8) is 0 Å². The van der Waals surface area contributed by atoms with E-state index < -0.39 is 0 Å². The van der Waals surface area contributed by atoms with Crippen molar-refractivity contribution in [3.8, 4) is 0 Å². The molecule has 1 atom stereocenters. The minimum atomic E-state index is -0.380. The number of anilines is 2. The molecular formula is C16H19N5O3S. The molecule has 1 aliphatic heterocycles. The molecule has 0 radical (unpaired) electrons. The largest absolute Gasteiger partial charge is 0.462 e. The molecule has 1 N–H and O–H groups in total. The minimum Gasteiger partial charge on any atom is -0.462 e. The number of nitrogens with one attached hydrogen (secondary N) is 1. The molecule has 0 unspecified atom stereocenters. The number of nitrogens with zero attached hydrogens (tertiary/aromatic N) is 4. The van der Waals surface area contributed by atoms with Gasteiger partial charge in [-0.3, -0.25) is 4.79 Å². The Morgan fingerprint density at radius 2 is 2.32 bits per heavy atom. The average Bonchev–Trinajstić information content (AvgIpc) is 3.15. The van der Waals surface area contributed by atoms with Crippen molar-refractivity contribution >= 4 is 34.2 Å². The molecule has 0 saturated carbocycles. The van der Waals surface area contributed by atoms with Crippen LogP contribution in [-0.2, 0) is 9.53 Å². The monoisotopic (exact) mass is 361 g/mol. The fourth-order valence-corrected chi connectivity index (χ4v) is 3.19. The van der Waals surface area contributed by atoms with Crippen LogP contribution in [-0.4, -0.2) is 46.8 Å². The molecule has 1 fully saturated rings. The van der Waals surface area contributed by atoms with Crippen LogP contribution in [0.5, 0.6) is 0 Å². The van der Waals surface area contributed by atoms with E-state index in [1.54, 1.807) is 24.6 Å². The van der Waals surface area contributed by atoms with E-state index in [2.05, 4.69) is 25.4 Å². The van der Waals surface area contributed by atoms with Gasteiger partial charge in [0.05, 0.1) is 18.1 Å². The molecule has 0 aliphatic carbocycles. The van der Waals surface area contributed by atoms with Crippen molar-refractivity contribution in [1.29, 1.82) is 0 Å². The Hall–Kier alpha value is -2.55. The summed E-state index contributed by atoms with van der Waals surface area (Å²) in [6.45, 7) is 3.50. The molecule has 3 heterocycles. The Morgan fingerprint density at radius 1 is 1.44 bits per heavy atom. The van der Waals surface area contributed by atoms with E-state index in [0.29, 0.717) is 23.8 Å². The number of ether oxygens (including phenoxy) is 1. The van der Waals surface area contributed by atoms with E-state index in [9.17, 15) is 9.59 Å². The van der Waals surface area contributed by atoms with Gasteiger partial charge in [-0.15, -0.1) is 10.2 Å². The third-order valence-corrected chi connectivity index (χ3v) is 4.57. The van der Waals surface area contributed by atoms with Gasteiger partial charge in [0.1, 0.15) is 11.3 Å². The van der Waals surface area contributed by atoms with Gasteiger partial charge in [0.25, 0.3) is 0 Å². The predicted octanol–water partition coefficient (Wildman–Crippen LogP) is 1.96. The highest BCUT2D eigenvalue weighted by Crippen LogP contribution is 2.23. The number of piperidine rings is 1. The Labute approximate surface area is 149 Å². The van der Waals surface area contributed by atoms with Gasteiger partial charge in [0.15, 0.2) is 0 Å². The molecule has 132 valence electrons. The van der Waals surface area contributed by atoms with Crippen LogP contribution >= 0.6 is 11.3 Å². The number of carbonyl (C=O) groups excluding carboxylic acids is 2. The lowest BCUT2D eigenvalue weighted by Crippen LogP contribution is -2.41. The smallest absolute Gasteiger partial charge is 0.339 e. The number of amides is 1. The van der Waals surface area contributed by atoms with Crippen LogP contribution in [0.1, 0.15) is 30.1 Å². The summed E-state index contributed by atoms with van der Waals surface area (Å²) in [6, 6.07) is 3.49. The number of hydrogen-bond donors (Lipinski definition) is 1. The first kappa shape index (κ1) is 17.3. The summed E-state index contributed by atoms with van der Waals surface area (Å²) >= 11 is 1.30. The van der Waals surface area contributed by atoms with Crippen LogP contribution in [0, 0.1) is 5.92 Å². The summed E-state index contributed by atoms with van der Waals surface area (Å²) in [5.41, 5.74) is 2.01. The first-order valence-corrected chi connectivity index (χ1v) is 9.00. The lowest BCUT2D eigenvalue weighted by atomic mass is 9.97. The first-order chi connectivity index (χ1) is 12.2. The summed E-state index contributed by atoms with van der Waals surface area (Å²) in [7, 11) is 0. The lowest BCUT2D eigenvalue weighted by molar-refractivity contribution is -0.120. The van der Waals surface area contributed by atoms with Gasteiger partial charge in [0.2, 0.25) is 11.0 Å². The number of esters is 1. The second-order valence-corrected chi connectivity index (χ2v) is 6.48. The number of aromatic nitrogens is 3. The number of carbonyl (C=O) groups is 2. The van der Waals surface area contributed by atoms with Crippen molar-refractivity contribution in [3.05, 3.63) is 29.4 Å². The Morgan fingerprint density at radius 3 is 3.00 bits per heavy atom. The fourth-order valence-electron chi connectivity index (χ4n) is 2.74. The quantitative estimate of drug-likeness (QED) is 0.813. The van der Waals surface area contributed by atoms with Gasteiger partial charge in [0, 0.05) is 19.3 Å². The van der Waals surface area contributed by atoms with Gasteiger partial charge < -0.3 is 15.0 Å². The molecule has 2 aromatic rings. The number of hydrogen-bond acceptors (Lipinski definition) is 8. The van der Waals surface area contributed by atoms with E-state index in [0.717, 1.165) is 25.2 Å². The van der Waals surface area contributed by atoms with Crippen LogP contribution < -0.4 is 10.2 Å². The molecule has 2 aromatic heterocycles. The Balaban J connectivity index is 1.62. The van der Waals surface area contributed by atoms with Crippen molar-refractivity contribution < 1.29 is 14.3 Å². The van der Waals surface area contributed by atoms with Gasteiger partial charge in [-0.2, -0.15) is 0 Å². The van der Waals surface area contributed by atoms with Crippen LogP contribution in [0.25, 0.3) is 0 Å². The molecular weight excluding hydrogens is 342 g/mol. The summed E-state index contributed by atoms with van der Waals surface area (Å²) in [5, 5.41) is 10.9.